The zero-order valence-corrected chi connectivity index (χ0v) is 15.6. The monoisotopic (exact) mass is 418 g/mol. The number of ether oxygens (including phenoxy) is 1. The molecule has 0 aliphatic carbocycles. The molecule has 1 saturated heterocycles. The molecule has 2 aromatic carbocycles. The summed E-state index contributed by atoms with van der Waals surface area (Å²) in [5, 5.41) is 46.6. The van der Waals surface area contributed by atoms with Gasteiger partial charge in [0.05, 0.1) is 12.3 Å². The van der Waals surface area contributed by atoms with Crippen molar-refractivity contribution in [3.63, 3.8) is 0 Å². The summed E-state index contributed by atoms with van der Waals surface area (Å²) in [7, 11) is 0. The van der Waals surface area contributed by atoms with E-state index < -0.39 is 48.8 Å². The van der Waals surface area contributed by atoms with Crippen molar-refractivity contribution in [1.82, 2.24) is 0 Å². The molecule has 0 bridgehead atoms. The summed E-state index contributed by atoms with van der Waals surface area (Å²) in [4.78, 5) is 0. The van der Waals surface area contributed by atoms with Crippen LogP contribution in [0.4, 0.5) is 14.5 Å². The SMILES string of the molecule is N=Cc1cc(-c2ccc(F)cc2F)cc(C#CC2OC(CO)[C@@H](O)C(O)C2O)c1N. The Bertz CT molecular complexity index is 1020. The van der Waals surface area contributed by atoms with Gasteiger partial charge in [0.25, 0.3) is 0 Å². The van der Waals surface area contributed by atoms with Crippen LogP contribution in [0, 0.1) is 28.9 Å². The summed E-state index contributed by atoms with van der Waals surface area (Å²) in [6.45, 7) is -0.595. The first-order valence-corrected chi connectivity index (χ1v) is 8.98. The van der Waals surface area contributed by atoms with Crippen LogP contribution < -0.4 is 5.73 Å². The Hall–Kier alpha value is -2.87. The minimum Gasteiger partial charge on any atom is -0.397 e. The number of aliphatic hydroxyl groups is 4. The first-order valence-electron chi connectivity index (χ1n) is 8.98. The van der Waals surface area contributed by atoms with E-state index >= 15 is 0 Å². The van der Waals surface area contributed by atoms with Gasteiger partial charge < -0.3 is 36.3 Å². The number of hydrogen-bond donors (Lipinski definition) is 6. The van der Waals surface area contributed by atoms with Gasteiger partial charge in [-0.05, 0) is 29.8 Å². The highest BCUT2D eigenvalue weighted by atomic mass is 19.1. The largest absolute Gasteiger partial charge is 0.397 e. The quantitative estimate of drug-likeness (QED) is 0.242. The molecule has 0 aromatic heterocycles. The maximum Gasteiger partial charge on any atom is 0.147 e. The topological polar surface area (TPSA) is 140 Å². The number of rotatable bonds is 3. The molecule has 9 heteroatoms. The first-order chi connectivity index (χ1) is 14.3. The standard InChI is InChI=1S/C21H20F2N2O5/c22-13-2-3-14(15(23)7-13)11-5-10(18(25)12(6-11)8-24)1-4-16-19(27)21(29)20(28)17(9-26)30-16/h2-3,5-8,16-17,19-21,24,26-29H,9,25H2/t16?,17?,19?,20-,21?/m1/s1. The van der Waals surface area contributed by atoms with E-state index in [1.165, 1.54) is 18.2 Å². The molecule has 1 fully saturated rings. The first kappa shape index (κ1) is 21.8. The van der Waals surface area contributed by atoms with Crippen LogP contribution in [0.3, 0.4) is 0 Å². The van der Waals surface area contributed by atoms with Crippen LogP contribution in [0.5, 0.6) is 0 Å². The second-order valence-corrected chi connectivity index (χ2v) is 6.81. The lowest BCUT2D eigenvalue weighted by Gasteiger charge is -2.37. The number of halogens is 2. The molecule has 5 atom stereocenters. The van der Waals surface area contributed by atoms with Gasteiger partial charge in [-0.15, -0.1) is 0 Å². The number of nitrogens with two attached hydrogens (primary N) is 1. The van der Waals surface area contributed by atoms with E-state index in [4.69, 9.17) is 15.9 Å². The summed E-state index contributed by atoms with van der Waals surface area (Å²) in [6, 6.07) is 5.97. The van der Waals surface area contributed by atoms with Gasteiger partial charge in [0.2, 0.25) is 0 Å². The molecule has 1 aliphatic rings. The van der Waals surface area contributed by atoms with Crippen molar-refractivity contribution in [2.24, 2.45) is 0 Å². The van der Waals surface area contributed by atoms with Crippen LogP contribution in [0.25, 0.3) is 11.1 Å². The van der Waals surface area contributed by atoms with Gasteiger partial charge in [-0.1, -0.05) is 11.8 Å². The van der Waals surface area contributed by atoms with Gasteiger partial charge in [-0.25, -0.2) is 8.78 Å². The molecule has 30 heavy (non-hydrogen) atoms. The fraction of sp³-hybridized carbons (Fsp3) is 0.286. The van der Waals surface area contributed by atoms with E-state index in [-0.39, 0.29) is 22.4 Å². The molecule has 7 nitrogen and oxygen atoms in total. The maximum atomic E-state index is 14.2. The van der Waals surface area contributed by atoms with Crippen molar-refractivity contribution in [1.29, 1.82) is 5.41 Å². The summed E-state index contributed by atoms with van der Waals surface area (Å²) < 4.78 is 32.7. The zero-order valence-electron chi connectivity index (χ0n) is 15.6. The Kier molecular flexibility index (Phi) is 6.45. The van der Waals surface area contributed by atoms with Gasteiger partial charge >= 0.3 is 0 Å². The molecule has 7 N–H and O–H groups in total. The molecule has 0 saturated carbocycles. The Morgan fingerprint density at radius 1 is 1.10 bits per heavy atom. The van der Waals surface area contributed by atoms with Crippen LogP contribution in [0.1, 0.15) is 11.1 Å². The van der Waals surface area contributed by atoms with E-state index in [2.05, 4.69) is 11.8 Å². The number of hydrogen-bond acceptors (Lipinski definition) is 7. The van der Waals surface area contributed by atoms with Crippen LogP contribution in [-0.2, 0) is 4.74 Å². The lowest BCUT2D eigenvalue weighted by atomic mass is 9.94. The van der Waals surface area contributed by atoms with Gasteiger partial charge in [0.1, 0.15) is 42.2 Å². The van der Waals surface area contributed by atoms with E-state index in [0.29, 0.717) is 5.56 Å². The molecule has 0 amide bonds. The van der Waals surface area contributed by atoms with Crippen molar-refractivity contribution in [2.75, 3.05) is 12.3 Å². The Morgan fingerprint density at radius 3 is 2.47 bits per heavy atom. The lowest BCUT2D eigenvalue weighted by molar-refractivity contribution is -0.214. The minimum atomic E-state index is -1.58. The predicted molar refractivity (Wildman–Crippen MR) is 105 cm³/mol. The number of benzene rings is 2. The van der Waals surface area contributed by atoms with E-state index in [1.807, 2.05) is 0 Å². The minimum absolute atomic E-state index is 0.0791. The second kappa shape index (κ2) is 8.87. The maximum absolute atomic E-state index is 14.2. The Labute approximate surface area is 170 Å². The van der Waals surface area contributed by atoms with Crippen LogP contribution >= 0.6 is 0 Å². The highest BCUT2D eigenvalue weighted by molar-refractivity contribution is 5.90. The molecule has 3 rings (SSSR count). The van der Waals surface area contributed by atoms with Crippen molar-refractivity contribution >= 4 is 11.9 Å². The normalized spacial score (nSPS) is 26.0. The highest BCUT2D eigenvalue weighted by Crippen LogP contribution is 2.29. The third kappa shape index (κ3) is 4.18. The van der Waals surface area contributed by atoms with Crippen molar-refractivity contribution in [3.05, 3.63) is 53.1 Å². The zero-order chi connectivity index (χ0) is 22.0. The average Bonchev–Trinajstić information content (AvgIpc) is 2.72. The molecule has 0 radical (unpaired) electrons. The average molecular weight is 418 g/mol. The van der Waals surface area contributed by atoms with Gasteiger partial charge in [-0.3, -0.25) is 0 Å². The predicted octanol–water partition coefficient (Wildman–Crippen LogP) is 0.406. The molecule has 158 valence electrons. The summed E-state index contributed by atoms with van der Waals surface area (Å²) in [5.74, 6) is 3.72. The second-order valence-electron chi connectivity index (χ2n) is 6.81. The van der Waals surface area contributed by atoms with E-state index in [1.54, 1.807) is 0 Å². The van der Waals surface area contributed by atoms with Crippen molar-refractivity contribution in [2.45, 2.75) is 30.5 Å². The van der Waals surface area contributed by atoms with Gasteiger partial charge in [-0.2, -0.15) is 0 Å². The third-order valence-corrected chi connectivity index (χ3v) is 4.85. The van der Waals surface area contributed by atoms with Crippen molar-refractivity contribution < 1.29 is 33.9 Å². The summed E-state index contributed by atoms with van der Waals surface area (Å²) in [6.07, 6.45) is -6.03. The number of nitrogen functional groups attached to an aromatic ring is 1. The molecule has 1 aliphatic heterocycles. The Balaban J connectivity index is 2.02. The van der Waals surface area contributed by atoms with E-state index in [0.717, 1.165) is 18.3 Å². The van der Waals surface area contributed by atoms with E-state index in [9.17, 15) is 29.2 Å². The molecule has 0 spiro atoms. The Morgan fingerprint density at radius 2 is 1.83 bits per heavy atom. The van der Waals surface area contributed by atoms with Gasteiger partial charge in [0, 0.05) is 29.0 Å². The molecular formula is C21H20F2N2O5. The van der Waals surface area contributed by atoms with Gasteiger partial charge in [0.15, 0.2) is 0 Å². The van der Waals surface area contributed by atoms with Crippen LogP contribution in [0.2, 0.25) is 0 Å². The molecule has 2 aromatic rings. The summed E-state index contributed by atoms with van der Waals surface area (Å²) in [5.41, 5.74) is 6.95. The van der Waals surface area contributed by atoms with Crippen molar-refractivity contribution in [3.8, 4) is 23.0 Å². The lowest BCUT2D eigenvalue weighted by Crippen LogP contribution is -2.58. The fourth-order valence-electron chi connectivity index (χ4n) is 3.15. The summed E-state index contributed by atoms with van der Waals surface area (Å²) >= 11 is 0. The smallest absolute Gasteiger partial charge is 0.147 e. The fourth-order valence-corrected chi connectivity index (χ4v) is 3.15. The number of anilines is 1. The number of aliphatic hydroxyl groups excluding tert-OH is 4. The molecule has 4 unspecified atom stereocenters. The molecular weight excluding hydrogens is 398 g/mol. The molecule has 1 heterocycles. The third-order valence-electron chi connectivity index (χ3n) is 4.85. The van der Waals surface area contributed by atoms with Crippen LogP contribution in [0.15, 0.2) is 30.3 Å². The number of nitrogens with one attached hydrogen (secondary N) is 1. The highest BCUT2D eigenvalue weighted by Gasteiger charge is 2.42. The van der Waals surface area contributed by atoms with Crippen LogP contribution in [-0.4, -0.2) is 63.8 Å².